The van der Waals surface area contributed by atoms with Gasteiger partial charge in [-0.2, -0.15) is 0 Å². The molecule has 18 heavy (non-hydrogen) atoms. The van der Waals surface area contributed by atoms with Crippen LogP contribution in [0.5, 0.6) is 0 Å². The minimum Gasteiger partial charge on any atom is -0.481 e. The topological polar surface area (TPSA) is 77.8 Å². The number of hydrogen-bond acceptors (Lipinski definition) is 4. The summed E-state index contributed by atoms with van der Waals surface area (Å²) in [5, 5.41) is 27.2. The van der Waals surface area contributed by atoms with Crippen LogP contribution in [0.1, 0.15) is 41.1 Å². The Morgan fingerprint density at radius 2 is 2.22 bits per heavy atom. The SMILES string of the molecule is O=C(O)CSC1CCCc2cc(C(O)O)ccc21. The third-order valence-electron chi connectivity index (χ3n) is 3.13. The summed E-state index contributed by atoms with van der Waals surface area (Å²) in [6, 6.07) is 5.40. The van der Waals surface area contributed by atoms with Crippen LogP contribution in [0.2, 0.25) is 0 Å². The van der Waals surface area contributed by atoms with Crippen LogP contribution >= 0.6 is 11.8 Å². The molecule has 1 aliphatic carbocycles. The molecule has 1 aliphatic rings. The molecule has 0 spiro atoms. The first-order valence-electron chi connectivity index (χ1n) is 5.90. The van der Waals surface area contributed by atoms with Gasteiger partial charge in [0.05, 0.1) is 5.75 Å². The highest BCUT2D eigenvalue weighted by molar-refractivity contribution is 8.00. The largest absolute Gasteiger partial charge is 0.481 e. The normalized spacial score (nSPS) is 18.7. The Hall–Kier alpha value is -1.04. The van der Waals surface area contributed by atoms with Gasteiger partial charge in [-0.3, -0.25) is 4.79 Å². The van der Waals surface area contributed by atoms with Crippen LogP contribution in [0.3, 0.4) is 0 Å². The Morgan fingerprint density at radius 3 is 2.89 bits per heavy atom. The fraction of sp³-hybridized carbons (Fsp3) is 0.462. The minimum atomic E-state index is -1.44. The number of aliphatic hydroxyl groups excluding tert-OH is 1. The van der Waals surface area contributed by atoms with Crippen molar-refractivity contribution in [2.75, 3.05) is 5.75 Å². The third-order valence-corrected chi connectivity index (χ3v) is 4.44. The van der Waals surface area contributed by atoms with Crippen molar-refractivity contribution in [2.45, 2.75) is 30.8 Å². The quantitative estimate of drug-likeness (QED) is 0.727. The van der Waals surface area contributed by atoms with Crippen molar-refractivity contribution in [3.05, 3.63) is 34.9 Å². The van der Waals surface area contributed by atoms with Crippen molar-refractivity contribution in [1.29, 1.82) is 0 Å². The number of aliphatic hydroxyl groups is 2. The second kappa shape index (κ2) is 5.73. The van der Waals surface area contributed by atoms with E-state index in [4.69, 9.17) is 15.3 Å². The molecule has 0 saturated heterocycles. The smallest absolute Gasteiger partial charge is 0.313 e. The van der Waals surface area contributed by atoms with Gasteiger partial charge < -0.3 is 15.3 Å². The predicted molar refractivity (Wildman–Crippen MR) is 69.4 cm³/mol. The van der Waals surface area contributed by atoms with Gasteiger partial charge in [0, 0.05) is 10.8 Å². The van der Waals surface area contributed by atoms with E-state index in [1.165, 1.54) is 11.8 Å². The Morgan fingerprint density at radius 1 is 1.44 bits per heavy atom. The Balaban J connectivity index is 2.19. The average Bonchev–Trinajstić information content (AvgIpc) is 2.35. The molecule has 0 bridgehead atoms. The highest BCUT2D eigenvalue weighted by atomic mass is 32.2. The molecule has 0 radical (unpaired) electrons. The van der Waals surface area contributed by atoms with Gasteiger partial charge in [0.15, 0.2) is 6.29 Å². The maximum Gasteiger partial charge on any atom is 0.313 e. The van der Waals surface area contributed by atoms with E-state index in [9.17, 15) is 4.79 Å². The summed E-state index contributed by atoms with van der Waals surface area (Å²) in [6.07, 6.45) is 1.46. The molecule has 0 aromatic heterocycles. The first-order valence-corrected chi connectivity index (χ1v) is 6.95. The van der Waals surface area contributed by atoms with Gasteiger partial charge in [0.1, 0.15) is 0 Å². The summed E-state index contributed by atoms with van der Waals surface area (Å²) in [4.78, 5) is 10.6. The van der Waals surface area contributed by atoms with Gasteiger partial charge in [-0.05, 0) is 30.4 Å². The summed E-state index contributed by atoms with van der Waals surface area (Å²) >= 11 is 1.44. The number of aryl methyl sites for hydroxylation is 1. The van der Waals surface area contributed by atoms with E-state index in [2.05, 4.69) is 0 Å². The van der Waals surface area contributed by atoms with Crippen molar-refractivity contribution in [2.24, 2.45) is 0 Å². The lowest BCUT2D eigenvalue weighted by Gasteiger charge is -2.25. The lowest BCUT2D eigenvalue weighted by atomic mass is 9.90. The van der Waals surface area contributed by atoms with Crippen molar-refractivity contribution >= 4 is 17.7 Å². The maximum absolute atomic E-state index is 10.6. The van der Waals surface area contributed by atoms with E-state index in [0.29, 0.717) is 5.56 Å². The first-order chi connectivity index (χ1) is 8.58. The molecule has 4 nitrogen and oxygen atoms in total. The fourth-order valence-electron chi connectivity index (χ4n) is 2.30. The highest BCUT2D eigenvalue weighted by Crippen LogP contribution is 2.40. The lowest BCUT2D eigenvalue weighted by Crippen LogP contribution is -2.11. The number of benzene rings is 1. The second-order valence-electron chi connectivity index (χ2n) is 4.42. The fourth-order valence-corrected chi connectivity index (χ4v) is 3.38. The van der Waals surface area contributed by atoms with E-state index in [0.717, 1.165) is 30.4 Å². The van der Waals surface area contributed by atoms with Crippen molar-refractivity contribution in [3.63, 3.8) is 0 Å². The van der Waals surface area contributed by atoms with Gasteiger partial charge in [0.25, 0.3) is 0 Å². The van der Waals surface area contributed by atoms with Crippen LogP contribution in [-0.4, -0.2) is 27.0 Å². The number of fused-ring (bicyclic) bond motifs is 1. The maximum atomic E-state index is 10.6. The van der Waals surface area contributed by atoms with Crippen LogP contribution in [0.25, 0.3) is 0 Å². The molecule has 1 aromatic rings. The molecule has 2 rings (SSSR count). The molecule has 5 heteroatoms. The lowest BCUT2D eigenvalue weighted by molar-refractivity contribution is -0.133. The molecule has 0 saturated carbocycles. The van der Waals surface area contributed by atoms with Crippen LogP contribution in [-0.2, 0) is 11.2 Å². The summed E-state index contributed by atoms with van der Waals surface area (Å²) in [6.45, 7) is 0. The number of hydrogen-bond donors (Lipinski definition) is 3. The molecule has 0 aliphatic heterocycles. The summed E-state index contributed by atoms with van der Waals surface area (Å²) < 4.78 is 0. The van der Waals surface area contributed by atoms with Gasteiger partial charge in [-0.15, -0.1) is 11.8 Å². The van der Waals surface area contributed by atoms with Crippen molar-refractivity contribution in [1.82, 2.24) is 0 Å². The summed E-state index contributed by atoms with van der Waals surface area (Å²) in [5.74, 6) is -0.691. The number of thioether (sulfide) groups is 1. The number of rotatable bonds is 4. The average molecular weight is 268 g/mol. The first kappa shape index (κ1) is 13.4. The third kappa shape index (κ3) is 3.04. The molecule has 1 aromatic carbocycles. The molecule has 1 unspecified atom stereocenters. The van der Waals surface area contributed by atoms with E-state index in [1.807, 2.05) is 12.1 Å². The second-order valence-corrected chi connectivity index (χ2v) is 5.61. The van der Waals surface area contributed by atoms with E-state index < -0.39 is 12.3 Å². The molecular weight excluding hydrogens is 252 g/mol. The number of aliphatic carboxylic acids is 1. The summed E-state index contributed by atoms with van der Waals surface area (Å²) in [5.41, 5.74) is 2.74. The Kier molecular flexibility index (Phi) is 4.27. The van der Waals surface area contributed by atoms with Gasteiger partial charge in [-0.1, -0.05) is 18.2 Å². The van der Waals surface area contributed by atoms with E-state index >= 15 is 0 Å². The van der Waals surface area contributed by atoms with Crippen LogP contribution in [0, 0.1) is 0 Å². The minimum absolute atomic E-state index is 0.106. The number of carboxylic acid groups (broad SMARTS) is 1. The summed E-state index contributed by atoms with van der Waals surface area (Å²) in [7, 11) is 0. The molecular formula is C13H16O4S. The molecule has 0 amide bonds. The standard InChI is InChI=1S/C13H16O4S/c14-12(15)7-18-11-3-1-2-8-6-9(13(16)17)4-5-10(8)11/h4-6,11,13,16-17H,1-3,7H2,(H,14,15). The number of carboxylic acids is 1. The monoisotopic (exact) mass is 268 g/mol. The molecule has 98 valence electrons. The zero-order valence-corrected chi connectivity index (χ0v) is 10.7. The van der Waals surface area contributed by atoms with E-state index in [-0.39, 0.29) is 11.0 Å². The Labute approximate surface area is 110 Å². The van der Waals surface area contributed by atoms with Gasteiger partial charge in [0.2, 0.25) is 0 Å². The van der Waals surface area contributed by atoms with Crippen molar-refractivity contribution < 1.29 is 20.1 Å². The van der Waals surface area contributed by atoms with Crippen LogP contribution < -0.4 is 0 Å². The van der Waals surface area contributed by atoms with Crippen molar-refractivity contribution in [3.8, 4) is 0 Å². The molecule has 1 atom stereocenters. The number of carbonyl (C=O) groups is 1. The van der Waals surface area contributed by atoms with Gasteiger partial charge in [-0.25, -0.2) is 0 Å². The van der Waals surface area contributed by atoms with Crippen LogP contribution in [0.4, 0.5) is 0 Å². The van der Waals surface area contributed by atoms with Crippen LogP contribution in [0.15, 0.2) is 18.2 Å². The highest BCUT2D eigenvalue weighted by Gasteiger charge is 2.22. The van der Waals surface area contributed by atoms with E-state index in [1.54, 1.807) is 6.07 Å². The zero-order valence-electron chi connectivity index (χ0n) is 9.87. The predicted octanol–water partition coefficient (Wildman–Crippen LogP) is 1.86. The Bertz CT molecular complexity index is 445. The zero-order chi connectivity index (χ0) is 13.1. The molecule has 0 fully saturated rings. The molecule has 3 N–H and O–H groups in total. The molecule has 0 heterocycles. The van der Waals surface area contributed by atoms with Gasteiger partial charge >= 0.3 is 5.97 Å².